The molecule has 2 N–H and O–H groups in total. The molecule has 14 heavy (non-hydrogen) atoms. The van der Waals surface area contributed by atoms with Gasteiger partial charge in [-0.05, 0) is 25.2 Å². The van der Waals surface area contributed by atoms with Gasteiger partial charge < -0.3 is 10.2 Å². The summed E-state index contributed by atoms with van der Waals surface area (Å²) in [6.07, 6.45) is 9.19. The van der Waals surface area contributed by atoms with Crippen molar-refractivity contribution in [1.82, 2.24) is 0 Å². The summed E-state index contributed by atoms with van der Waals surface area (Å²) >= 11 is 0. The molecular weight excluding hydrogens is 176 g/mol. The minimum atomic E-state index is -0.742. The topological polar surface area (TPSA) is 40.5 Å². The van der Waals surface area contributed by atoms with Crippen LogP contribution in [-0.2, 0) is 0 Å². The van der Waals surface area contributed by atoms with Gasteiger partial charge >= 0.3 is 0 Å². The molecule has 1 atom stereocenters. The number of hydrogen-bond donors (Lipinski definition) is 2. The van der Waals surface area contributed by atoms with Gasteiger partial charge in [0.15, 0.2) is 0 Å². The van der Waals surface area contributed by atoms with Crippen molar-refractivity contribution in [2.24, 2.45) is 5.92 Å². The van der Waals surface area contributed by atoms with Crippen LogP contribution in [0.1, 0.15) is 57.8 Å². The third kappa shape index (κ3) is 2.12. The molecule has 0 aromatic carbocycles. The minimum Gasteiger partial charge on any atom is -0.390 e. The van der Waals surface area contributed by atoms with Crippen LogP contribution >= 0.6 is 0 Å². The van der Waals surface area contributed by atoms with Gasteiger partial charge in [-0.25, -0.2) is 0 Å². The summed E-state index contributed by atoms with van der Waals surface area (Å²) in [4.78, 5) is 0. The van der Waals surface area contributed by atoms with E-state index in [1.54, 1.807) is 0 Å². The Balaban J connectivity index is 1.83. The first-order valence-corrected chi connectivity index (χ1v) is 6.11. The number of rotatable bonds is 3. The Morgan fingerprint density at radius 2 is 1.71 bits per heavy atom. The van der Waals surface area contributed by atoms with Crippen LogP contribution in [0.3, 0.4) is 0 Å². The van der Waals surface area contributed by atoms with Gasteiger partial charge in [-0.2, -0.15) is 0 Å². The maximum Gasteiger partial charge on any atom is 0.0905 e. The predicted molar refractivity (Wildman–Crippen MR) is 56.0 cm³/mol. The zero-order chi connectivity index (χ0) is 10.0. The molecule has 82 valence electrons. The minimum absolute atomic E-state index is 0.465. The highest BCUT2D eigenvalue weighted by atomic mass is 16.3. The molecule has 2 aliphatic rings. The zero-order valence-electron chi connectivity index (χ0n) is 8.91. The molecule has 0 aromatic rings. The third-order valence-electron chi connectivity index (χ3n) is 4.12. The maximum absolute atomic E-state index is 10.3. The Labute approximate surface area is 86.3 Å². The van der Waals surface area contributed by atoms with Gasteiger partial charge in [0.2, 0.25) is 0 Å². The predicted octanol–water partition coefficient (Wildman–Crippen LogP) is 2.23. The second-order valence-electron chi connectivity index (χ2n) is 5.21. The van der Waals surface area contributed by atoms with Crippen LogP contribution in [0.25, 0.3) is 0 Å². The van der Waals surface area contributed by atoms with E-state index in [1.165, 1.54) is 25.7 Å². The Hall–Kier alpha value is -0.0800. The van der Waals surface area contributed by atoms with E-state index in [0.29, 0.717) is 5.92 Å². The van der Waals surface area contributed by atoms with Gasteiger partial charge in [0.25, 0.3) is 0 Å². The van der Waals surface area contributed by atoms with Crippen LogP contribution in [0.2, 0.25) is 0 Å². The Kier molecular flexibility index (Phi) is 3.13. The van der Waals surface area contributed by atoms with E-state index in [4.69, 9.17) is 0 Å². The molecule has 0 radical (unpaired) electrons. The molecule has 0 spiro atoms. The molecule has 0 aromatic heterocycles. The SMILES string of the molecule is OC(CC1CCC1)C1(O)CCCCC1. The van der Waals surface area contributed by atoms with E-state index in [0.717, 1.165) is 32.1 Å². The number of aliphatic hydroxyl groups excluding tert-OH is 1. The largest absolute Gasteiger partial charge is 0.390 e. The first kappa shape index (κ1) is 10.4. The first-order valence-electron chi connectivity index (χ1n) is 6.11. The van der Waals surface area contributed by atoms with E-state index in [1.807, 2.05) is 0 Å². The normalized spacial score (nSPS) is 29.6. The molecule has 0 heterocycles. The molecule has 2 nitrogen and oxygen atoms in total. The van der Waals surface area contributed by atoms with Crippen molar-refractivity contribution in [3.05, 3.63) is 0 Å². The summed E-state index contributed by atoms with van der Waals surface area (Å²) < 4.78 is 0. The van der Waals surface area contributed by atoms with Gasteiger partial charge in [0, 0.05) is 0 Å². The van der Waals surface area contributed by atoms with Crippen LogP contribution < -0.4 is 0 Å². The molecule has 2 fully saturated rings. The summed E-state index contributed by atoms with van der Waals surface area (Å²) in [6, 6.07) is 0. The highest BCUT2D eigenvalue weighted by Gasteiger charge is 2.38. The van der Waals surface area contributed by atoms with Crippen LogP contribution in [-0.4, -0.2) is 21.9 Å². The van der Waals surface area contributed by atoms with Crippen LogP contribution in [0.15, 0.2) is 0 Å². The quantitative estimate of drug-likeness (QED) is 0.730. The number of hydrogen-bond acceptors (Lipinski definition) is 2. The van der Waals surface area contributed by atoms with E-state index >= 15 is 0 Å². The van der Waals surface area contributed by atoms with Gasteiger partial charge in [0.1, 0.15) is 0 Å². The molecule has 0 bridgehead atoms. The summed E-state index contributed by atoms with van der Waals surface area (Å²) in [6.45, 7) is 0. The van der Waals surface area contributed by atoms with Gasteiger partial charge in [-0.15, -0.1) is 0 Å². The van der Waals surface area contributed by atoms with Gasteiger partial charge in [0.05, 0.1) is 11.7 Å². The summed E-state index contributed by atoms with van der Waals surface area (Å²) in [7, 11) is 0. The van der Waals surface area contributed by atoms with Crippen molar-refractivity contribution in [2.75, 3.05) is 0 Å². The van der Waals surface area contributed by atoms with Crippen LogP contribution in [0.5, 0.6) is 0 Å². The lowest BCUT2D eigenvalue weighted by molar-refractivity contribution is -0.108. The molecule has 0 saturated heterocycles. The monoisotopic (exact) mass is 198 g/mol. The standard InChI is InChI=1S/C12H22O2/c13-11(9-10-5-4-6-10)12(14)7-2-1-3-8-12/h10-11,13-14H,1-9H2. The second kappa shape index (κ2) is 4.19. The van der Waals surface area contributed by atoms with Crippen molar-refractivity contribution in [2.45, 2.75) is 69.5 Å². The van der Waals surface area contributed by atoms with Gasteiger partial charge in [-0.1, -0.05) is 38.5 Å². The molecule has 1 unspecified atom stereocenters. The van der Waals surface area contributed by atoms with E-state index in [-0.39, 0.29) is 0 Å². The fourth-order valence-corrected chi connectivity index (χ4v) is 2.76. The smallest absolute Gasteiger partial charge is 0.0905 e. The average molecular weight is 198 g/mol. The summed E-state index contributed by atoms with van der Waals surface area (Å²) in [5, 5.41) is 20.3. The van der Waals surface area contributed by atoms with E-state index < -0.39 is 11.7 Å². The highest BCUT2D eigenvalue weighted by Crippen LogP contribution is 2.37. The fraction of sp³-hybridized carbons (Fsp3) is 1.00. The first-order chi connectivity index (χ1) is 6.71. The lowest BCUT2D eigenvalue weighted by atomic mass is 9.74. The Bertz CT molecular complexity index is 181. The number of aliphatic hydroxyl groups is 2. The van der Waals surface area contributed by atoms with E-state index in [9.17, 15) is 10.2 Å². The lowest BCUT2D eigenvalue weighted by Gasteiger charge is -2.39. The molecule has 2 rings (SSSR count). The van der Waals surface area contributed by atoms with Crippen molar-refractivity contribution >= 4 is 0 Å². The molecule has 2 saturated carbocycles. The third-order valence-corrected chi connectivity index (χ3v) is 4.12. The van der Waals surface area contributed by atoms with Crippen molar-refractivity contribution in [1.29, 1.82) is 0 Å². The zero-order valence-corrected chi connectivity index (χ0v) is 8.91. The van der Waals surface area contributed by atoms with Crippen LogP contribution in [0.4, 0.5) is 0 Å². The van der Waals surface area contributed by atoms with E-state index in [2.05, 4.69) is 0 Å². The summed E-state index contributed by atoms with van der Waals surface area (Å²) in [5.74, 6) is 0.691. The van der Waals surface area contributed by atoms with Crippen molar-refractivity contribution in [3.8, 4) is 0 Å². The molecule has 2 aliphatic carbocycles. The fourth-order valence-electron chi connectivity index (χ4n) is 2.76. The highest BCUT2D eigenvalue weighted by molar-refractivity contribution is 4.91. The second-order valence-corrected chi connectivity index (χ2v) is 5.21. The molecule has 0 aliphatic heterocycles. The molecule has 0 amide bonds. The average Bonchev–Trinajstić information content (AvgIpc) is 2.12. The van der Waals surface area contributed by atoms with Crippen molar-refractivity contribution < 1.29 is 10.2 Å². The molecular formula is C12H22O2. The lowest BCUT2D eigenvalue weighted by Crippen LogP contribution is -2.45. The molecule has 2 heteroatoms. The summed E-state index contributed by atoms with van der Waals surface area (Å²) in [5.41, 5.74) is -0.742. The van der Waals surface area contributed by atoms with Crippen molar-refractivity contribution in [3.63, 3.8) is 0 Å². The van der Waals surface area contributed by atoms with Crippen LogP contribution in [0, 0.1) is 5.92 Å². The van der Waals surface area contributed by atoms with Gasteiger partial charge in [-0.3, -0.25) is 0 Å². The maximum atomic E-state index is 10.3. The Morgan fingerprint density at radius 3 is 2.21 bits per heavy atom. The Morgan fingerprint density at radius 1 is 1.07 bits per heavy atom.